The van der Waals surface area contributed by atoms with Crippen LogP contribution < -0.4 is 0 Å². The summed E-state index contributed by atoms with van der Waals surface area (Å²) in [5, 5.41) is 11.1. The third-order valence-electron chi connectivity index (χ3n) is 6.47. The summed E-state index contributed by atoms with van der Waals surface area (Å²) in [6.07, 6.45) is 6.57. The van der Waals surface area contributed by atoms with Gasteiger partial charge in [0.2, 0.25) is 0 Å². The predicted molar refractivity (Wildman–Crippen MR) is 115 cm³/mol. The second-order valence-electron chi connectivity index (χ2n) is 8.94. The van der Waals surface area contributed by atoms with Gasteiger partial charge in [-0.05, 0) is 67.8 Å². The van der Waals surface area contributed by atoms with E-state index in [1.54, 1.807) is 0 Å². The van der Waals surface area contributed by atoms with Gasteiger partial charge >= 0.3 is 0 Å². The molecule has 2 unspecified atom stereocenters. The zero-order chi connectivity index (χ0) is 19.7. The maximum atomic E-state index is 11.1. The van der Waals surface area contributed by atoms with E-state index in [0.717, 1.165) is 32.4 Å². The van der Waals surface area contributed by atoms with Crippen LogP contribution >= 0.6 is 0 Å². The molecule has 3 heterocycles. The molecule has 28 heavy (non-hydrogen) atoms. The van der Waals surface area contributed by atoms with Gasteiger partial charge in [-0.15, -0.1) is 0 Å². The van der Waals surface area contributed by atoms with Crippen molar-refractivity contribution in [3.8, 4) is 0 Å². The van der Waals surface area contributed by atoms with Crippen molar-refractivity contribution in [2.75, 3.05) is 19.6 Å². The number of aromatic nitrogens is 2. The molecule has 2 aliphatic heterocycles. The molecule has 1 fully saturated rings. The van der Waals surface area contributed by atoms with Crippen LogP contribution in [0.2, 0.25) is 0 Å². The highest BCUT2D eigenvalue weighted by Crippen LogP contribution is 2.45. The average molecular weight is 380 g/mol. The summed E-state index contributed by atoms with van der Waals surface area (Å²) in [4.78, 5) is 6.92. The molecule has 4 nitrogen and oxygen atoms in total. The SMILES string of the molecule is CC1=C(c2ccccc2)C(CC(O)C2CCN(CC(C)C)CC2)n2cncc21. The van der Waals surface area contributed by atoms with Crippen molar-refractivity contribution >= 4 is 11.1 Å². The van der Waals surface area contributed by atoms with Crippen LogP contribution in [0.4, 0.5) is 0 Å². The Morgan fingerprint density at radius 3 is 2.54 bits per heavy atom. The Bertz CT molecular complexity index is 815. The summed E-state index contributed by atoms with van der Waals surface area (Å²) in [6, 6.07) is 10.8. The summed E-state index contributed by atoms with van der Waals surface area (Å²) in [7, 11) is 0. The third-order valence-corrected chi connectivity index (χ3v) is 6.47. The first-order valence-corrected chi connectivity index (χ1v) is 10.7. The summed E-state index contributed by atoms with van der Waals surface area (Å²) in [5.74, 6) is 1.11. The van der Waals surface area contributed by atoms with Gasteiger partial charge in [0, 0.05) is 6.54 Å². The van der Waals surface area contributed by atoms with Gasteiger partial charge in [0.05, 0.1) is 30.4 Å². The lowest BCUT2D eigenvalue weighted by atomic mass is 9.85. The van der Waals surface area contributed by atoms with E-state index in [1.807, 2.05) is 12.5 Å². The van der Waals surface area contributed by atoms with Crippen molar-refractivity contribution in [2.24, 2.45) is 11.8 Å². The van der Waals surface area contributed by atoms with Gasteiger partial charge < -0.3 is 14.6 Å². The fourth-order valence-electron chi connectivity index (χ4n) is 5.09. The predicted octanol–water partition coefficient (Wildman–Crippen LogP) is 4.49. The van der Waals surface area contributed by atoms with E-state index in [1.165, 1.54) is 28.9 Å². The quantitative estimate of drug-likeness (QED) is 0.804. The number of aliphatic hydroxyl groups is 1. The number of hydrogen-bond donors (Lipinski definition) is 1. The van der Waals surface area contributed by atoms with Gasteiger partial charge in [0.15, 0.2) is 0 Å². The average Bonchev–Trinajstić information content (AvgIpc) is 3.26. The number of fused-ring (bicyclic) bond motifs is 1. The minimum absolute atomic E-state index is 0.170. The normalized spacial score (nSPS) is 22.1. The number of benzene rings is 1. The van der Waals surface area contributed by atoms with E-state index in [9.17, 15) is 5.11 Å². The molecule has 2 atom stereocenters. The van der Waals surface area contributed by atoms with Crippen LogP contribution in [0.3, 0.4) is 0 Å². The molecule has 1 N–H and O–H groups in total. The smallest absolute Gasteiger partial charge is 0.0956 e. The Hall–Kier alpha value is -1.91. The second-order valence-corrected chi connectivity index (χ2v) is 8.94. The summed E-state index contributed by atoms with van der Waals surface area (Å²) in [6.45, 7) is 10.1. The molecule has 0 radical (unpaired) electrons. The molecule has 1 aromatic heterocycles. The summed E-state index contributed by atoms with van der Waals surface area (Å²) in [5.41, 5.74) is 5.07. The summed E-state index contributed by atoms with van der Waals surface area (Å²) >= 11 is 0. The third kappa shape index (κ3) is 3.81. The van der Waals surface area contributed by atoms with Crippen molar-refractivity contribution in [1.82, 2.24) is 14.5 Å². The standard InChI is InChI=1S/C24H33N3O/c1-17(2)15-26-11-9-19(10-12-26)23(28)13-21-24(20-7-5-4-6-8-20)18(3)22-14-25-16-27(21)22/h4-8,14,16-17,19,21,23,28H,9-13,15H2,1-3H3. The number of rotatable bonds is 6. The number of likely N-dealkylation sites (tertiary alicyclic amines) is 1. The molecular formula is C24H33N3O. The van der Waals surface area contributed by atoms with Gasteiger partial charge in [-0.25, -0.2) is 4.98 Å². The van der Waals surface area contributed by atoms with Gasteiger partial charge in [-0.1, -0.05) is 44.2 Å². The second kappa shape index (κ2) is 8.22. The molecule has 2 aromatic rings. The van der Waals surface area contributed by atoms with E-state index >= 15 is 0 Å². The van der Waals surface area contributed by atoms with Gasteiger partial charge in [-0.2, -0.15) is 0 Å². The lowest BCUT2D eigenvalue weighted by Crippen LogP contribution is -2.40. The van der Waals surface area contributed by atoms with Gasteiger partial charge in [0.1, 0.15) is 0 Å². The molecule has 2 aliphatic rings. The Morgan fingerprint density at radius 1 is 1.14 bits per heavy atom. The molecule has 4 rings (SSSR count). The first-order valence-electron chi connectivity index (χ1n) is 10.7. The maximum Gasteiger partial charge on any atom is 0.0956 e. The fraction of sp³-hybridized carbons (Fsp3) is 0.542. The maximum absolute atomic E-state index is 11.1. The molecule has 0 amide bonds. The van der Waals surface area contributed by atoms with Crippen LogP contribution in [0.1, 0.15) is 57.3 Å². The fourth-order valence-corrected chi connectivity index (χ4v) is 5.09. The van der Waals surface area contributed by atoms with Crippen molar-refractivity contribution < 1.29 is 5.11 Å². The Balaban J connectivity index is 1.49. The Kier molecular flexibility index (Phi) is 5.70. The molecule has 0 saturated carbocycles. The minimum Gasteiger partial charge on any atom is -0.393 e. The largest absolute Gasteiger partial charge is 0.393 e. The van der Waals surface area contributed by atoms with E-state index in [0.29, 0.717) is 11.8 Å². The number of hydrogen-bond acceptors (Lipinski definition) is 3. The van der Waals surface area contributed by atoms with E-state index < -0.39 is 0 Å². The van der Waals surface area contributed by atoms with Crippen LogP contribution in [0.5, 0.6) is 0 Å². The van der Waals surface area contributed by atoms with E-state index in [2.05, 4.69) is 65.6 Å². The number of imidazole rings is 1. The number of piperidine rings is 1. The zero-order valence-corrected chi connectivity index (χ0v) is 17.4. The summed E-state index contributed by atoms with van der Waals surface area (Å²) < 4.78 is 2.26. The monoisotopic (exact) mass is 379 g/mol. The highest BCUT2D eigenvalue weighted by molar-refractivity contribution is 5.93. The van der Waals surface area contributed by atoms with Crippen molar-refractivity contribution in [3.63, 3.8) is 0 Å². The zero-order valence-electron chi connectivity index (χ0n) is 17.4. The lowest BCUT2D eigenvalue weighted by Gasteiger charge is -2.36. The van der Waals surface area contributed by atoms with E-state index in [4.69, 9.17) is 0 Å². The number of aliphatic hydroxyl groups excluding tert-OH is 1. The van der Waals surface area contributed by atoms with Crippen molar-refractivity contribution in [1.29, 1.82) is 0 Å². The van der Waals surface area contributed by atoms with Crippen LogP contribution in [-0.4, -0.2) is 45.3 Å². The first kappa shape index (κ1) is 19.4. The van der Waals surface area contributed by atoms with Crippen molar-refractivity contribution in [3.05, 3.63) is 54.1 Å². The molecular weight excluding hydrogens is 346 g/mol. The molecule has 0 aliphatic carbocycles. The van der Waals surface area contributed by atoms with Gasteiger partial charge in [-0.3, -0.25) is 0 Å². The van der Waals surface area contributed by atoms with Crippen LogP contribution in [0, 0.1) is 11.8 Å². The molecule has 1 aromatic carbocycles. The topological polar surface area (TPSA) is 41.3 Å². The van der Waals surface area contributed by atoms with E-state index in [-0.39, 0.29) is 12.1 Å². The lowest BCUT2D eigenvalue weighted by molar-refractivity contribution is 0.0455. The van der Waals surface area contributed by atoms with Crippen LogP contribution in [0.15, 0.2) is 42.9 Å². The first-order chi connectivity index (χ1) is 13.5. The molecule has 1 saturated heterocycles. The molecule has 0 spiro atoms. The molecule has 4 heteroatoms. The Morgan fingerprint density at radius 2 is 1.86 bits per heavy atom. The molecule has 150 valence electrons. The van der Waals surface area contributed by atoms with Crippen molar-refractivity contribution in [2.45, 2.75) is 52.2 Å². The minimum atomic E-state index is -0.272. The Labute approximate surface area is 168 Å². The van der Waals surface area contributed by atoms with Crippen LogP contribution in [0.25, 0.3) is 11.1 Å². The number of allylic oxidation sites excluding steroid dienone is 2. The van der Waals surface area contributed by atoms with Gasteiger partial charge in [0.25, 0.3) is 0 Å². The molecule has 0 bridgehead atoms. The highest BCUT2D eigenvalue weighted by Gasteiger charge is 2.34. The highest BCUT2D eigenvalue weighted by atomic mass is 16.3. The number of nitrogens with zero attached hydrogens (tertiary/aromatic N) is 3. The van der Waals surface area contributed by atoms with Crippen LogP contribution in [-0.2, 0) is 0 Å².